The highest BCUT2D eigenvalue weighted by molar-refractivity contribution is 6.35. The van der Waals surface area contributed by atoms with Gasteiger partial charge in [0.2, 0.25) is 5.95 Å². The average molecular weight is 359 g/mol. The fraction of sp³-hybridized carbons (Fsp3) is 0.222. The molecular formula is C18H16Cl2N4. The summed E-state index contributed by atoms with van der Waals surface area (Å²) in [7, 11) is 0. The van der Waals surface area contributed by atoms with Crippen LogP contribution in [0.5, 0.6) is 0 Å². The van der Waals surface area contributed by atoms with Crippen LogP contribution in [0.3, 0.4) is 0 Å². The molecule has 24 heavy (non-hydrogen) atoms. The van der Waals surface area contributed by atoms with Crippen LogP contribution in [0.2, 0.25) is 10.0 Å². The summed E-state index contributed by atoms with van der Waals surface area (Å²) < 4.78 is 1.89. The zero-order valence-electron chi connectivity index (χ0n) is 13.1. The molecule has 1 N–H and O–H groups in total. The van der Waals surface area contributed by atoms with Gasteiger partial charge in [-0.15, -0.1) is 0 Å². The van der Waals surface area contributed by atoms with Crippen LogP contribution in [-0.2, 0) is 0 Å². The Hall–Kier alpha value is -2.04. The summed E-state index contributed by atoms with van der Waals surface area (Å²) in [6.07, 6.45) is 2.40. The number of halogens is 2. The number of fused-ring (bicyclic) bond motifs is 1. The van der Waals surface area contributed by atoms with E-state index in [0.29, 0.717) is 10.0 Å². The predicted molar refractivity (Wildman–Crippen MR) is 96.8 cm³/mol. The third-order valence-corrected chi connectivity index (χ3v) is 4.99. The monoisotopic (exact) mass is 358 g/mol. The van der Waals surface area contributed by atoms with Crippen molar-refractivity contribution in [2.24, 2.45) is 0 Å². The van der Waals surface area contributed by atoms with Gasteiger partial charge in [-0.3, -0.25) is 0 Å². The van der Waals surface area contributed by atoms with E-state index in [0.717, 1.165) is 17.9 Å². The minimum atomic E-state index is 0.0137. The Bertz CT molecular complexity index is 873. The molecule has 0 saturated heterocycles. The molecule has 0 fully saturated rings. The lowest BCUT2D eigenvalue weighted by molar-refractivity contribution is 0.431. The molecule has 0 saturated carbocycles. The van der Waals surface area contributed by atoms with E-state index in [9.17, 15) is 0 Å². The Morgan fingerprint density at radius 3 is 2.67 bits per heavy atom. The van der Waals surface area contributed by atoms with Crippen LogP contribution in [0.1, 0.15) is 35.2 Å². The third-order valence-electron chi connectivity index (χ3n) is 4.43. The third kappa shape index (κ3) is 2.76. The molecule has 122 valence electrons. The second kappa shape index (κ2) is 6.11. The first-order chi connectivity index (χ1) is 11.6. The van der Waals surface area contributed by atoms with Gasteiger partial charge in [0.25, 0.3) is 0 Å². The lowest BCUT2D eigenvalue weighted by Gasteiger charge is -2.32. The molecule has 2 heterocycles. The van der Waals surface area contributed by atoms with Crippen molar-refractivity contribution in [1.82, 2.24) is 14.8 Å². The molecule has 0 radical (unpaired) electrons. The van der Waals surface area contributed by atoms with Gasteiger partial charge in [0.15, 0.2) is 0 Å². The number of benzene rings is 2. The quantitative estimate of drug-likeness (QED) is 0.697. The summed E-state index contributed by atoms with van der Waals surface area (Å²) in [4.78, 5) is 4.34. The van der Waals surface area contributed by atoms with Crippen LogP contribution in [0.25, 0.3) is 0 Å². The van der Waals surface area contributed by atoms with Crippen molar-refractivity contribution in [3.8, 4) is 0 Å². The standard InChI is InChI=1S/C18H16Cl2N4/c1-11-2-4-12(5-3-11)16-9-17(24-18(23-16)21-10-22-24)14-7-6-13(19)8-15(14)20/h2-8,10,16-17H,9H2,1H3,(H,21,22,23)/t16-,17+/m0/s1. The van der Waals surface area contributed by atoms with Crippen LogP contribution in [0.4, 0.5) is 5.95 Å². The van der Waals surface area contributed by atoms with E-state index in [-0.39, 0.29) is 12.1 Å². The van der Waals surface area contributed by atoms with E-state index in [1.54, 1.807) is 12.4 Å². The molecule has 4 rings (SSSR count). The molecule has 2 atom stereocenters. The number of rotatable bonds is 2. The van der Waals surface area contributed by atoms with Gasteiger partial charge in [-0.25, -0.2) is 4.68 Å². The molecule has 0 amide bonds. The largest absolute Gasteiger partial charge is 0.348 e. The number of anilines is 1. The van der Waals surface area contributed by atoms with Crippen LogP contribution >= 0.6 is 23.2 Å². The van der Waals surface area contributed by atoms with Crippen molar-refractivity contribution in [1.29, 1.82) is 0 Å². The maximum Gasteiger partial charge on any atom is 0.222 e. The number of hydrogen-bond donors (Lipinski definition) is 1. The maximum atomic E-state index is 6.44. The number of aryl methyl sites for hydroxylation is 1. The highest BCUT2D eigenvalue weighted by atomic mass is 35.5. The van der Waals surface area contributed by atoms with E-state index >= 15 is 0 Å². The number of hydrogen-bond acceptors (Lipinski definition) is 3. The van der Waals surface area contributed by atoms with Gasteiger partial charge in [-0.2, -0.15) is 10.1 Å². The van der Waals surface area contributed by atoms with Crippen LogP contribution in [0.15, 0.2) is 48.8 Å². The smallest absolute Gasteiger partial charge is 0.222 e. The van der Waals surface area contributed by atoms with Crippen molar-refractivity contribution in [3.05, 3.63) is 75.5 Å². The van der Waals surface area contributed by atoms with Crippen LogP contribution in [0, 0.1) is 6.92 Å². The van der Waals surface area contributed by atoms with E-state index < -0.39 is 0 Å². The Kier molecular flexibility index (Phi) is 3.94. The number of aromatic nitrogens is 3. The molecule has 0 unspecified atom stereocenters. The normalized spacial score (nSPS) is 19.6. The lowest BCUT2D eigenvalue weighted by Crippen LogP contribution is -2.28. The SMILES string of the molecule is Cc1ccc([C@@H]2C[C@H](c3ccc(Cl)cc3Cl)n3ncnc3N2)cc1. The highest BCUT2D eigenvalue weighted by Gasteiger charge is 2.31. The van der Waals surface area contributed by atoms with Gasteiger partial charge in [-0.1, -0.05) is 59.1 Å². The Labute approximate surface area is 150 Å². The molecule has 1 aliphatic heterocycles. The highest BCUT2D eigenvalue weighted by Crippen LogP contribution is 2.40. The molecule has 0 aliphatic carbocycles. The Balaban J connectivity index is 1.75. The van der Waals surface area contributed by atoms with Gasteiger partial charge in [0.1, 0.15) is 6.33 Å². The van der Waals surface area contributed by atoms with E-state index in [1.807, 2.05) is 16.8 Å². The molecule has 1 aromatic heterocycles. The summed E-state index contributed by atoms with van der Waals surface area (Å²) in [5, 5.41) is 9.12. The summed E-state index contributed by atoms with van der Waals surface area (Å²) in [6.45, 7) is 2.09. The van der Waals surface area contributed by atoms with Gasteiger partial charge in [0, 0.05) is 10.0 Å². The Morgan fingerprint density at radius 1 is 1.12 bits per heavy atom. The fourth-order valence-corrected chi connectivity index (χ4v) is 3.70. The molecule has 6 heteroatoms. The lowest BCUT2D eigenvalue weighted by atomic mass is 9.93. The van der Waals surface area contributed by atoms with E-state index in [1.165, 1.54) is 11.1 Å². The minimum absolute atomic E-state index is 0.0137. The minimum Gasteiger partial charge on any atom is -0.348 e. The molecule has 3 aromatic rings. The molecule has 0 spiro atoms. The molecule has 0 bridgehead atoms. The zero-order valence-corrected chi connectivity index (χ0v) is 14.6. The molecule has 4 nitrogen and oxygen atoms in total. The second-order valence-electron chi connectivity index (χ2n) is 6.05. The Morgan fingerprint density at radius 2 is 1.92 bits per heavy atom. The van der Waals surface area contributed by atoms with Crippen molar-refractivity contribution in [2.75, 3.05) is 5.32 Å². The first-order valence-electron chi connectivity index (χ1n) is 7.79. The van der Waals surface area contributed by atoms with Gasteiger partial charge >= 0.3 is 0 Å². The van der Waals surface area contributed by atoms with Crippen molar-refractivity contribution < 1.29 is 0 Å². The van der Waals surface area contributed by atoms with E-state index in [2.05, 4.69) is 46.6 Å². The van der Waals surface area contributed by atoms with Gasteiger partial charge in [0.05, 0.1) is 12.1 Å². The molecule has 2 aromatic carbocycles. The van der Waals surface area contributed by atoms with Gasteiger partial charge in [-0.05, 0) is 36.6 Å². The summed E-state index contributed by atoms with van der Waals surface area (Å²) in [5.74, 6) is 0.753. The first kappa shape index (κ1) is 15.5. The fourth-order valence-electron chi connectivity index (χ4n) is 3.17. The molecular weight excluding hydrogens is 343 g/mol. The second-order valence-corrected chi connectivity index (χ2v) is 6.90. The van der Waals surface area contributed by atoms with E-state index in [4.69, 9.17) is 23.2 Å². The number of nitrogens with zero attached hydrogens (tertiary/aromatic N) is 3. The van der Waals surface area contributed by atoms with Gasteiger partial charge < -0.3 is 5.32 Å². The summed E-state index contributed by atoms with van der Waals surface area (Å²) in [6, 6.07) is 14.3. The predicted octanol–water partition coefficient (Wildman–Crippen LogP) is 5.04. The van der Waals surface area contributed by atoms with Crippen LogP contribution in [-0.4, -0.2) is 14.8 Å². The zero-order chi connectivity index (χ0) is 16.7. The van der Waals surface area contributed by atoms with Crippen molar-refractivity contribution >= 4 is 29.2 Å². The summed E-state index contributed by atoms with van der Waals surface area (Å²) >= 11 is 12.5. The number of nitrogens with one attached hydrogen (secondary N) is 1. The van der Waals surface area contributed by atoms with Crippen molar-refractivity contribution in [3.63, 3.8) is 0 Å². The maximum absolute atomic E-state index is 6.44. The topological polar surface area (TPSA) is 42.7 Å². The first-order valence-corrected chi connectivity index (χ1v) is 8.55. The average Bonchev–Trinajstić information content (AvgIpc) is 3.03. The van der Waals surface area contributed by atoms with Crippen molar-refractivity contribution in [2.45, 2.75) is 25.4 Å². The van der Waals surface area contributed by atoms with Crippen LogP contribution < -0.4 is 5.32 Å². The molecule has 1 aliphatic rings. The summed E-state index contributed by atoms with van der Waals surface area (Å²) in [5.41, 5.74) is 3.48.